The van der Waals surface area contributed by atoms with E-state index in [0.29, 0.717) is 0 Å². The topological polar surface area (TPSA) is 127 Å². The number of nitrogens with zero attached hydrogens (tertiary/aromatic N) is 2. The van der Waals surface area contributed by atoms with Crippen LogP contribution in [0.3, 0.4) is 0 Å². The first-order valence-corrected chi connectivity index (χ1v) is 11.5. The third-order valence-electron chi connectivity index (χ3n) is 5.09. The molecule has 10 heteroatoms. The smallest absolute Gasteiger partial charge is 0.332 e. The van der Waals surface area contributed by atoms with Crippen molar-refractivity contribution in [2.75, 3.05) is 7.11 Å². The number of nitrogens with two attached hydrogens (primary N) is 1. The molecule has 0 saturated heterocycles. The fourth-order valence-electron chi connectivity index (χ4n) is 3.55. The van der Waals surface area contributed by atoms with Crippen LogP contribution >= 0.6 is 22.7 Å². The fourth-order valence-corrected chi connectivity index (χ4v) is 5.53. The molecule has 166 valence electrons. The van der Waals surface area contributed by atoms with E-state index in [2.05, 4.69) is 16.1 Å². The fraction of sp³-hybridized carbons (Fsp3) is 0.130. The molecular formula is C23H18N4O4S2. The predicted octanol–water partition coefficient (Wildman–Crippen LogP) is 0.840. The Labute approximate surface area is 196 Å². The Balaban J connectivity index is 1.95. The number of thiazole rings is 1. The number of methoxy groups -OCH3 is 1. The molecule has 0 bridgehead atoms. The standard InChI is InChI=1S/C23H18N4O4S2/c1-31-17(28)10-16-22(30)27-20(25)14(11-24)18(15-8-5-9-32-15)19(23(27)33-16)21(29)26-12-13-6-3-2-4-7-13/h2-10,18H,12,25H2,1H3,(H,26,29)/b16-10-/t18-/m0/s1. The van der Waals surface area contributed by atoms with Crippen LogP contribution in [-0.2, 0) is 20.9 Å². The largest absolute Gasteiger partial charge is 0.466 e. The van der Waals surface area contributed by atoms with Crippen LogP contribution in [0.1, 0.15) is 16.4 Å². The Hall–Kier alpha value is -3.94. The van der Waals surface area contributed by atoms with Crippen molar-refractivity contribution in [3.63, 3.8) is 0 Å². The van der Waals surface area contributed by atoms with Gasteiger partial charge in [-0.3, -0.25) is 14.2 Å². The average Bonchev–Trinajstić information content (AvgIpc) is 3.46. The molecule has 8 nitrogen and oxygen atoms in total. The molecule has 3 N–H and O–H groups in total. The monoisotopic (exact) mass is 478 g/mol. The number of hydrogen-bond acceptors (Lipinski definition) is 8. The summed E-state index contributed by atoms with van der Waals surface area (Å²) in [7, 11) is 1.20. The molecule has 0 fully saturated rings. The highest BCUT2D eigenvalue weighted by atomic mass is 32.1. The molecule has 0 saturated carbocycles. The van der Waals surface area contributed by atoms with Crippen molar-refractivity contribution in [1.29, 1.82) is 5.26 Å². The third kappa shape index (κ3) is 4.11. The van der Waals surface area contributed by atoms with E-state index in [1.807, 2.05) is 47.8 Å². The number of amides is 1. The van der Waals surface area contributed by atoms with Gasteiger partial charge < -0.3 is 15.8 Å². The van der Waals surface area contributed by atoms with Gasteiger partial charge >= 0.3 is 5.97 Å². The van der Waals surface area contributed by atoms with Gasteiger partial charge in [0, 0.05) is 17.5 Å². The van der Waals surface area contributed by atoms with Crippen molar-refractivity contribution in [3.8, 4) is 6.07 Å². The second-order valence-electron chi connectivity index (χ2n) is 7.02. The molecule has 0 spiro atoms. The van der Waals surface area contributed by atoms with Crippen LogP contribution in [0.2, 0.25) is 0 Å². The second kappa shape index (κ2) is 9.28. The minimum absolute atomic E-state index is 0.0530. The molecule has 3 aromatic rings. The number of carbonyl (C=O) groups is 2. The highest BCUT2D eigenvalue weighted by molar-refractivity contribution is 7.10. The number of aromatic nitrogens is 1. The molecule has 2 aromatic heterocycles. The molecule has 1 amide bonds. The van der Waals surface area contributed by atoms with Crippen molar-refractivity contribution in [1.82, 2.24) is 9.88 Å². The van der Waals surface area contributed by atoms with Gasteiger partial charge in [0.2, 0.25) is 0 Å². The molecule has 0 unspecified atom stereocenters. The number of nitrogens with one attached hydrogen (secondary N) is 1. The van der Waals surface area contributed by atoms with Crippen molar-refractivity contribution in [2.45, 2.75) is 12.5 Å². The Morgan fingerprint density at radius 1 is 1.27 bits per heavy atom. The first-order chi connectivity index (χ1) is 16.0. The van der Waals surface area contributed by atoms with Gasteiger partial charge in [0.25, 0.3) is 11.5 Å². The van der Waals surface area contributed by atoms with Gasteiger partial charge in [0.15, 0.2) is 0 Å². The van der Waals surface area contributed by atoms with Crippen LogP contribution in [0.4, 0.5) is 0 Å². The summed E-state index contributed by atoms with van der Waals surface area (Å²) in [4.78, 5) is 39.0. The van der Waals surface area contributed by atoms with Gasteiger partial charge in [-0.15, -0.1) is 22.7 Å². The van der Waals surface area contributed by atoms with Crippen molar-refractivity contribution < 1.29 is 14.3 Å². The summed E-state index contributed by atoms with van der Waals surface area (Å²) in [6, 6.07) is 15.1. The van der Waals surface area contributed by atoms with E-state index < -0.39 is 23.4 Å². The maximum absolute atomic E-state index is 13.5. The van der Waals surface area contributed by atoms with Gasteiger partial charge in [-0.1, -0.05) is 36.4 Å². The van der Waals surface area contributed by atoms with E-state index in [-0.39, 0.29) is 32.7 Å². The van der Waals surface area contributed by atoms with E-state index in [1.54, 1.807) is 0 Å². The molecule has 33 heavy (non-hydrogen) atoms. The van der Waals surface area contributed by atoms with Gasteiger partial charge in [0.05, 0.1) is 30.2 Å². The SMILES string of the molecule is COC(=O)/C=c1\sc2n(c1=O)C(N)=C(C#N)[C@@H](c1cccs1)C=2C(=O)NCc1ccccc1. The van der Waals surface area contributed by atoms with Gasteiger partial charge in [0.1, 0.15) is 15.0 Å². The zero-order valence-electron chi connectivity index (χ0n) is 17.4. The summed E-state index contributed by atoms with van der Waals surface area (Å²) in [6.45, 7) is 0.262. The summed E-state index contributed by atoms with van der Waals surface area (Å²) in [5.41, 5.74) is 6.89. The number of thiophene rings is 1. The predicted molar refractivity (Wildman–Crippen MR) is 126 cm³/mol. The summed E-state index contributed by atoms with van der Waals surface area (Å²) >= 11 is 2.34. The maximum atomic E-state index is 13.5. The van der Waals surface area contributed by atoms with Crippen molar-refractivity contribution in [2.24, 2.45) is 5.73 Å². The number of carbonyl (C=O) groups excluding carboxylic acids is 2. The molecule has 1 atom stereocenters. The third-order valence-corrected chi connectivity index (χ3v) is 7.13. The van der Waals surface area contributed by atoms with E-state index in [4.69, 9.17) is 5.73 Å². The molecule has 1 aromatic carbocycles. The molecule has 1 aliphatic rings. The summed E-state index contributed by atoms with van der Waals surface area (Å²) in [6.07, 6.45) is 1.05. The zero-order valence-corrected chi connectivity index (χ0v) is 19.0. The number of esters is 1. The number of allylic oxidation sites excluding steroid dienone is 1. The van der Waals surface area contributed by atoms with Crippen molar-refractivity contribution >= 4 is 52.0 Å². The minimum atomic E-state index is -0.741. The van der Waals surface area contributed by atoms with Gasteiger partial charge in [-0.05, 0) is 17.0 Å². The zero-order chi connectivity index (χ0) is 23.5. The Morgan fingerprint density at radius 3 is 2.67 bits per heavy atom. The van der Waals surface area contributed by atoms with Crippen LogP contribution in [0, 0.1) is 11.3 Å². The lowest BCUT2D eigenvalue weighted by atomic mass is 9.88. The molecule has 0 aliphatic carbocycles. The number of benzene rings is 1. The first-order valence-electron chi connectivity index (χ1n) is 9.77. The number of ether oxygens (including phenoxy) is 1. The summed E-state index contributed by atoms with van der Waals surface area (Å²) in [5.74, 6) is -1.94. The molecular weight excluding hydrogens is 460 g/mol. The number of rotatable bonds is 5. The van der Waals surface area contributed by atoms with Crippen LogP contribution in [0.15, 0.2) is 58.2 Å². The van der Waals surface area contributed by atoms with E-state index in [1.165, 1.54) is 18.4 Å². The first kappa shape index (κ1) is 22.3. The molecule has 0 radical (unpaired) electrons. The number of nitriles is 1. The summed E-state index contributed by atoms with van der Waals surface area (Å²) in [5, 5.41) is 14.6. The highest BCUT2D eigenvalue weighted by Gasteiger charge is 2.36. The van der Waals surface area contributed by atoms with Gasteiger partial charge in [-0.2, -0.15) is 5.26 Å². The number of hydrogen-bond donors (Lipinski definition) is 2. The second-order valence-corrected chi connectivity index (χ2v) is 9.03. The minimum Gasteiger partial charge on any atom is -0.466 e. The lowest BCUT2D eigenvalue weighted by Gasteiger charge is -2.24. The van der Waals surface area contributed by atoms with Crippen molar-refractivity contribution in [3.05, 3.63) is 83.4 Å². The van der Waals surface area contributed by atoms with Crippen LogP contribution in [-0.4, -0.2) is 23.6 Å². The molecule has 4 rings (SSSR count). The summed E-state index contributed by atoms with van der Waals surface area (Å²) < 4.78 is 6.09. The normalized spacial score (nSPS) is 15.7. The van der Waals surface area contributed by atoms with Gasteiger partial charge in [-0.25, -0.2) is 4.79 Å². The van der Waals surface area contributed by atoms with Crippen LogP contribution in [0.25, 0.3) is 17.5 Å². The highest BCUT2D eigenvalue weighted by Crippen LogP contribution is 2.38. The van der Waals surface area contributed by atoms with E-state index in [0.717, 1.165) is 32.4 Å². The molecule has 1 aliphatic heterocycles. The quantitative estimate of drug-likeness (QED) is 0.523. The molecule has 3 heterocycles. The van der Waals surface area contributed by atoms with E-state index >= 15 is 0 Å². The Bertz CT molecular complexity index is 1480. The average molecular weight is 479 g/mol. The maximum Gasteiger partial charge on any atom is 0.332 e. The lowest BCUT2D eigenvalue weighted by Crippen LogP contribution is -2.41. The lowest BCUT2D eigenvalue weighted by molar-refractivity contribution is -0.133. The Kier molecular flexibility index (Phi) is 6.26. The van der Waals surface area contributed by atoms with Crippen LogP contribution in [0.5, 0.6) is 0 Å². The van der Waals surface area contributed by atoms with Crippen LogP contribution < -0.4 is 25.8 Å². The van der Waals surface area contributed by atoms with E-state index in [9.17, 15) is 19.6 Å². The Morgan fingerprint density at radius 2 is 2.03 bits per heavy atom. The number of fused-ring (bicyclic) bond motifs is 1.